The van der Waals surface area contributed by atoms with Gasteiger partial charge in [-0.3, -0.25) is 14.6 Å². The first-order valence-electron chi connectivity index (χ1n) is 9.73. The SMILES string of the molecule is Cc1nc(CN2CCC(N3CCC[C@@H](C(=O)NC4CC4)C3)CC2)no1. The Morgan fingerprint density at radius 3 is 2.68 bits per heavy atom. The fourth-order valence-corrected chi connectivity index (χ4v) is 4.15. The van der Waals surface area contributed by atoms with E-state index in [-0.39, 0.29) is 11.8 Å². The van der Waals surface area contributed by atoms with Crippen molar-refractivity contribution >= 4 is 5.91 Å². The highest BCUT2D eigenvalue weighted by Crippen LogP contribution is 2.26. The fraction of sp³-hybridized carbons (Fsp3) is 0.833. The van der Waals surface area contributed by atoms with Gasteiger partial charge in [0.05, 0.1) is 12.5 Å². The summed E-state index contributed by atoms with van der Waals surface area (Å²) in [6, 6.07) is 1.08. The molecule has 2 aliphatic heterocycles. The van der Waals surface area contributed by atoms with E-state index >= 15 is 0 Å². The standard InChI is InChI=1S/C18H29N5O2/c1-13-19-17(21-25-13)12-22-9-6-16(7-10-22)23-8-2-3-14(11-23)18(24)20-15-4-5-15/h14-16H,2-12H2,1H3,(H,20,24)/t14-/m1/s1. The van der Waals surface area contributed by atoms with Crippen LogP contribution in [0.15, 0.2) is 4.52 Å². The summed E-state index contributed by atoms with van der Waals surface area (Å²) in [5.41, 5.74) is 0. The van der Waals surface area contributed by atoms with Crippen LogP contribution in [-0.4, -0.2) is 64.1 Å². The largest absolute Gasteiger partial charge is 0.353 e. The van der Waals surface area contributed by atoms with E-state index in [9.17, 15) is 4.79 Å². The zero-order chi connectivity index (χ0) is 17.2. The molecule has 1 N–H and O–H groups in total. The van der Waals surface area contributed by atoms with E-state index in [2.05, 4.69) is 25.3 Å². The Labute approximate surface area is 149 Å². The van der Waals surface area contributed by atoms with Gasteiger partial charge >= 0.3 is 0 Å². The van der Waals surface area contributed by atoms with E-state index in [0.29, 0.717) is 18.0 Å². The molecule has 7 heteroatoms. The van der Waals surface area contributed by atoms with Crippen molar-refractivity contribution in [2.45, 2.75) is 64.1 Å². The molecule has 138 valence electrons. The van der Waals surface area contributed by atoms with Crippen LogP contribution in [0.2, 0.25) is 0 Å². The van der Waals surface area contributed by atoms with Crippen molar-refractivity contribution in [3.05, 3.63) is 11.7 Å². The molecule has 1 amide bonds. The molecule has 0 radical (unpaired) electrons. The van der Waals surface area contributed by atoms with E-state index < -0.39 is 0 Å². The summed E-state index contributed by atoms with van der Waals surface area (Å²) < 4.78 is 5.05. The lowest BCUT2D eigenvalue weighted by atomic mass is 9.93. The van der Waals surface area contributed by atoms with Crippen molar-refractivity contribution in [1.29, 1.82) is 0 Å². The predicted octanol–water partition coefficient (Wildman–Crippen LogP) is 1.33. The molecule has 1 aromatic rings. The summed E-state index contributed by atoms with van der Waals surface area (Å²) in [5.74, 6) is 1.89. The molecule has 0 unspecified atom stereocenters. The smallest absolute Gasteiger partial charge is 0.224 e. The second kappa shape index (κ2) is 7.41. The van der Waals surface area contributed by atoms with Crippen LogP contribution in [0.5, 0.6) is 0 Å². The Hall–Kier alpha value is -1.47. The number of piperidine rings is 2. The highest BCUT2D eigenvalue weighted by atomic mass is 16.5. The molecule has 3 fully saturated rings. The van der Waals surface area contributed by atoms with Crippen LogP contribution in [0, 0.1) is 12.8 Å². The number of carbonyl (C=O) groups is 1. The number of nitrogens with zero attached hydrogens (tertiary/aromatic N) is 4. The third-order valence-electron chi connectivity index (χ3n) is 5.76. The molecular formula is C18H29N5O2. The highest BCUT2D eigenvalue weighted by molar-refractivity contribution is 5.79. The van der Waals surface area contributed by atoms with E-state index in [1.807, 2.05) is 6.92 Å². The Bertz CT molecular complexity index is 592. The molecule has 25 heavy (non-hydrogen) atoms. The molecular weight excluding hydrogens is 318 g/mol. The molecule has 0 spiro atoms. The Kier molecular flexibility index (Phi) is 5.03. The van der Waals surface area contributed by atoms with E-state index in [4.69, 9.17) is 4.52 Å². The molecule has 3 heterocycles. The molecule has 0 bridgehead atoms. The number of rotatable bonds is 5. The molecule has 1 aliphatic carbocycles. The first kappa shape index (κ1) is 17.0. The van der Waals surface area contributed by atoms with Gasteiger partial charge in [-0.15, -0.1) is 0 Å². The van der Waals surface area contributed by atoms with Crippen molar-refractivity contribution in [2.75, 3.05) is 26.2 Å². The number of carbonyl (C=O) groups excluding carboxylic acids is 1. The van der Waals surface area contributed by atoms with Crippen molar-refractivity contribution in [1.82, 2.24) is 25.3 Å². The monoisotopic (exact) mass is 347 g/mol. The molecule has 3 aliphatic rings. The lowest BCUT2D eigenvalue weighted by Crippen LogP contribution is -2.50. The number of aromatic nitrogens is 2. The maximum Gasteiger partial charge on any atom is 0.224 e. The molecule has 2 saturated heterocycles. The maximum absolute atomic E-state index is 12.4. The van der Waals surface area contributed by atoms with Gasteiger partial charge in [0.1, 0.15) is 0 Å². The van der Waals surface area contributed by atoms with Crippen LogP contribution in [0.25, 0.3) is 0 Å². The van der Waals surface area contributed by atoms with Crippen molar-refractivity contribution in [3.63, 3.8) is 0 Å². The third-order valence-corrected chi connectivity index (χ3v) is 5.76. The topological polar surface area (TPSA) is 74.5 Å². The summed E-state index contributed by atoms with van der Waals surface area (Å²) >= 11 is 0. The summed E-state index contributed by atoms with van der Waals surface area (Å²) in [6.07, 6.45) is 6.85. The van der Waals surface area contributed by atoms with Gasteiger partial charge in [0.25, 0.3) is 0 Å². The first-order chi connectivity index (χ1) is 12.2. The number of nitrogens with one attached hydrogen (secondary N) is 1. The number of aryl methyl sites for hydroxylation is 1. The predicted molar refractivity (Wildman–Crippen MR) is 92.8 cm³/mol. The number of amides is 1. The van der Waals surface area contributed by atoms with Crippen molar-refractivity contribution in [3.8, 4) is 0 Å². The molecule has 7 nitrogen and oxygen atoms in total. The first-order valence-corrected chi connectivity index (χ1v) is 9.73. The summed E-state index contributed by atoms with van der Waals surface area (Å²) in [5, 5.41) is 7.18. The lowest BCUT2D eigenvalue weighted by Gasteiger charge is -2.41. The van der Waals surface area contributed by atoms with Gasteiger partial charge in [0.2, 0.25) is 11.8 Å². The summed E-state index contributed by atoms with van der Waals surface area (Å²) in [7, 11) is 0. The zero-order valence-corrected chi connectivity index (χ0v) is 15.1. The van der Waals surface area contributed by atoms with Crippen LogP contribution in [0.3, 0.4) is 0 Å². The quantitative estimate of drug-likeness (QED) is 0.866. The van der Waals surface area contributed by atoms with E-state index in [1.165, 1.54) is 12.8 Å². The normalized spacial score (nSPS) is 26.7. The number of hydrogen-bond acceptors (Lipinski definition) is 6. The minimum absolute atomic E-state index is 0.190. The molecule has 4 rings (SSSR count). The highest BCUT2D eigenvalue weighted by Gasteiger charge is 2.33. The van der Waals surface area contributed by atoms with Gasteiger partial charge in [-0.2, -0.15) is 4.98 Å². The van der Waals surface area contributed by atoms with Crippen molar-refractivity contribution in [2.24, 2.45) is 5.92 Å². The van der Waals surface area contributed by atoms with Gasteiger partial charge in [-0.05, 0) is 45.1 Å². The van der Waals surface area contributed by atoms with Crippen LogP contribution >= 0.6 is 0 Å². The van der Waals surface area contributed by atoms with Crippen LogP contribution in [0.4, 0.5) is 0 Å². The second-order valence-corrected chi connectivity index (χ2v) is 7.85. The van der Waals surface area contributed by atoms with E-state index in [1.54, 1.807) is 0 Å². The van der Waals surface area contributed by atoms with Gasteiger partial charge < -0.3 is 9.84 Å². The minimum atomic E-state index is 0.190. The van der Waals surface area contributed by atoms with Gasteiger partial charge in [-0.25, -0.2) is 0 Å². The van der Waals surface area contributed by atoms with Gasteiger partial charge in [0.15, 0.2) is 5.82 Å². The van der Waals surface area contributed by atoms with E-state index in [0.717, 1.165) is 64.2 Å². The molecule has 1 saturated carbocycles. The van der Waals surface area contributed by atoms with Gasteiger partial charge in [0, 0.05) is 38.6 Å². The summed E-state index contributed by atoms with van der Waals surface area (Å²) in [6.45, 7) is 6.81. The molecule has 1 atom stereocenters. The Morgan fingerprint density at radius 2 is 2.00 bits per heavy atom. The molecule has 1 aromatic heterocycles. The van der Waals surface area contributed by atoms with Crippen molar-refractivity contribution < 1.29 is 9.32 Å². The third kappa shape index (κ3) is 4.39. The Morgan fingerprint density at radius 1 is 1.20 bits per heavy atom. The molecule has 0 aromatic carbocycles. The van der Waals surface area contributed by atoms with Gasteiger partial charge in [-0.1, -0.05) is 5.16 Å². The second-order valence-electron chi connectivity index (χ2n) is 7.85. The average molecular weight is 347 g/mol. The van der Waals surface area contributed by atoms with Crippen LogP contribution in [0.1, 0.15) is 50.2 Å². The zero-order valence-electron chi connectivity index (χ0n) is 15.1. The van der Waals surface area contributed by atoms with Crippen LogP contribution < -0.4 is 5.32 Å². The Balaban J connectivity index is 1.24. The maximum atomic E-state index is 12.4. The lowest BCUT2D eigenvalue weighted by molar-refractivity contribution is -0.127. The fourth-order valence-electron chi connectivity index (χ4n) is 4.15. The average Bonchev–Trinajstić information content (AvgIpc) is 3.35. The number of hydrogen-bond donors (Lipinski definition) is 1. The van der Waals surface area contributed by atoms with Crippen LogP contribution in [-0.2, 0) is 11.3 Å². The number of likely N-dealkylation sites (tertiary alicyclic amines) is 2. The minimum Gasteiger partial charge on any atom is -0.353 e. The summed E-state index contributed by atoms with van der Waals surface area (Å²) in [4.78, 5) is 21.6.